The van der Waals surface area contributed by atoms with Gasteiger partial charge in [0.2, 0.25) is 0 Å². The highest BCUT2D eigenvalue weighted by atomic mass is 14.9. The lowest BCUT2D eigenvalue weighted by Crippen LogP contribution is -2.48. The second-order valence-electron chi connectivity index (χ2n) is 8.04. The van der Waals surface area contributed by atoms with Crippen LogP contribution < -0.4 is 5.32 Å². The number of hydrogen-bond acceptors (Lipinski definition) is 1. The Labute approximate surface area is 126 Å². The van der Waals surface area contributed by atoms with Gasteiger partial charge in [0.05, 0.1) is 0 Å². The third kappa shape index (κ3) is 3.24. The molecule has 2 unspecified atom stereocenters. The molecule has 3 rings (SSSR count). The van der Waals surface area contributed by atoms with Crippen molar-refractivity contribution in [1.29, 1.82) is 0 Å². The molecule has 0 heterocycles. The van der Waals surface area contributed by atoms with Crippen LogP contribution in [-0.2, 0) is 0 Å². The smallest absolute Gasteiger partial charge is 0.00982 e. The van der Waals surface area contributed by atoms with E-state index in [4.69, 9.17) is 0 Å². The Bertz CT molecular complexity index is 283. The van der Waals surface area contributed by atoms with E-state index in [1.807, 2.05) is 0 Å². The Hall–Kier alpha value is -0.0400. The van der Waals surface area contributed by atoms with Crippen LogP contribution in [-0.4, -0.2) is 12.6 Å². The van der Waals surface area contributed by atoms with E-state index in [1.54, 1.807) is 0 Å². The van der Waals surface area contributed by atoms with Crippen LogP contribution in [0, 0.1) is 17.3 Å². The standard InChI is InChI=1S/C19H35N/c1-2-19(13-8-14-19)15-20-18-12-7-6-11-17(18)16-9-4-3-5-10-16/h16-18,20H,2-15H2,1H3. The van der Waals surface area contributed by atoms with E-state index >= 15 is 0 Å². The molecule has 2 atom stereocenters. The fourth-order valence-electron chi connectivity index (χ4n) is 5.22. The first-order valence-electron chi connectivity index (χ1n) is 9.56. The Balaban J connectivity index is 1.54. The van der Waals surface area contributed by atoms with Crippen LogP contribution in [0.25, 0.3) is 0 Å². The first-order valence-corrected chi connectivity index (χ1v) is 9.56. The van der Waals surface area contributed by atoms with Crippen LogP contribution in [0.2, 0.25) is 0 Å². The molecule has 0 spiro atoms. The van der Waals surface area contributed by atoms with Gasteiger partial charge in [0, 0.05) is 12.6 Å². The monoisotopic (exact) mass is 277 g/mol. The van der Waals surface area contributed by atoms with Crippen molar-refractivity contribution in [3.05, 3.63) is 0 Å². The molecule has 3 fully saturated rings. The normalized spacial score (nSPS) is 34.6. The van der Waals surface area contributed by atoms with Crippen LogP contribution in [0.4, 0.5) is 0 Å². The molecule has 0 radical (unpaired) electrons. The Morgan fingerprint density at radius 2 is 1.55 bits per heavy atom. The molecule has 0 aromatic heterocycles. The van der Waals surface area contributed by atoms with Crippen molar-refractivity contribution in [1.82, 2.24) is 5.32 Å². The van der Waals surface area contributed by atoms with E-state index in [2.05, 4.69) is 12.2 Å². The zero-order valence-corrected chi connectivity index (χ0v) is 13.6. The van der Waals surface area contributed by atoms with E-state index in [-0.39, 0.29) is 0 Å². The summed E-state index contributed by atoms with van der Waals surface area (Å²) in [5, 5.41) is 4.06. The van der Waals surface area contributed by atoms with Gasteiger partial charge in [-0.3, -0.25) is 0 Å². The lowest BCUT2D eigenvalue weighted by Gasteiger charge is -2.45. The number of hydrogen-bond donors (Lipinski definition) is 1. The van der Waals surface area contributed by atoms with Crippen molar-refractivity contribution in [2.24, 2.45) is 17.3 Å². The molecule has 0 aromatic carbocycles. The summed E-state index contributed by atoms with van der Waals surface area (Å²) in [7, 11) is 0. The summed E-state index contributed by atoms with van der Waals surface area (Å²) >= 11 is 0. The first-order chi connectivity index (χ1) is 9.83. The molecule has 3 saturated carbocycles. The van der Waals surface area contributed by atoms with Crippen molar-refractivity contribution in [2.75, 3.05) is 6.54 Å². The Kier molecular flexibility index (Phi) is 5.07. The summed E-state index contributed by atoms with van der Waals surface area (Å²) in [4.78, 5) is 0. The van der Waals surface area contributed by atoms with Gasteiger partial charge in [-0.2, -0.15) is 0 Å². The topological polar surface area (TPSA) is 12.0 Å². The van der Waals surface area contributed by atoms with Crippen LogP contribution in [0.5, 0.6) is 0 Å². The highest BCUT2D eigenvalue weighted by Gasteiger charge is 2.37. The lowest BCUT2D eigenvalue weighted by molar-refractivity contribution is 0.0918. The maximum Gasteiger partial charge on any atom is 0.00982 e. The minimum atomic E-state index is 0.689. The van der Waals surface area contributed by atoms with Gasteiger partial charge in [-0.15, -0.1) is 0 Å². The second-order valence-corrected chi connectivity index (χ2v) is 8.04. The molecule has 116 valence electrons. The van der Waals surface area contributed by atoms with E-state index < -0.39 is 0 Å². The Morgan fingerprint density at radius 3 is 2.20 bits per heavy atom. The predicted molar refractivity (Wildman–Crippen MR) is 86.9 cm³/mol. The highest BCUT2D eigenvalue weighted by molar-refractivity contribution is 4.92. The van der Waals surface area contributed by atoms with E-state index in [0.717, 1.165) is 17.9 Å². The van der Waals surface area contributed by atoms with Gasteiger partial charge >= 0.3 is 0 Å². The summed E-state index contributed by atoms with van der Waals surface area (Å²) in [6, 6.07) is 0.857. The predicted octanol–water partition coefficient (Wildman–Crippen LogP) is 5.30. The average molecular weight is 277 g/mol. The molecular formula is C19H35N. The van der Waals surface area contributed by atoms with Gasteiger partial charge in [0.15, 0.2) is 0 Å². The molecule has 0 bridgehead atoms. The molecule has 0 aromatic rings. The van der Waals surface area contributed by atoms with Crippen molar-refractivity contribution < 1.29 is 0 Å². The van der Waals surface area contributed by atoms with E-state index in [9.17, 15) is 0 Å². The molecule has 1 nitrogen and oxygen atoms in total. The van der Waals surface area contributed by atoms with Gasteiger partial charge in [-0.1, -0.05) is 58.3 Å². The molecule has 0 amide bonds. The number of rotatable bonds is 5. The minimum absolute atomic E-state index is 0.689. The van der Waals surface area contributed by atoms with Gasteiger partial charge in [-0.25, -0.2) is 0 Å². The maximum atomic E-state index is 4.06. The van der Waals surface area contributed by atoms with Crippen molar-refractivity contribution in [3.63, 3.8) is 0 Å². The fourth-order valence-corrected chi connectivity index (χ4v) is 5.22. The van der Waals surface area contributed by atoms with Crippen molar-refractivity contribution in [2.45, 2.75) is 96.4 Å². The summed E-state index contributed by atoms with van der Waals surface area (Å²) < 4.78 is 0. The Morgan fingerprint density at radius 1 is 0.850 bits per heavy atom. The van der Waals surface area contributed by atoms with Crippen LogP contribution >= 0.6 is 0 Å². The molecule has 3 aliphatic carbocycles. The van der Waals surface area contributed by atoms with E-state index in [0.29, 0.717) is 5.41 Å². The van der Waals surface area contributed by atoms with Gasteiger partial charge < -0.3 is 5.32 Å². The third-order valence-electron chi connectivity index (χ3n) is 6.98. The molecule has 0 saturated heterocycles. The zero-order chi connectivity index (χ0) is 13.8. The lowest BCUT2D eigenvalue weighted by atomic mass is 9.66. The van der Waals surface area contributed by atoms with Crippen LogP contribution in [0.3, 0.4) is 0 Å². The quantitative estimate of drug-likeness (QED) is 0.719. The van der Waals surface area contributed by atoms with Gasteiger partial charge in [0.1, 0.15) is 0 Å². The minimum Gasteiger partial charge on any atom is -0.313 e. The number of nitrogens with one attached hydrogen (secondary N) is 1. The van der Waals surface area contributed by atoms with Crippen LogP contribution in [0.15, 0.2) is 0 Å². The third-order valence-corrected chi connectivity index (χ3v) is 6.98. The fraction of sp³-hybridized carbons (Fsp3) is 1.00. The summed E-state index contributed by atoms with van der Waals surface area (Å²) in [6.45, 7) is 3.72. The van der Waals surface area contributed by atoms with Crippen molar-refractivity contribution in [3.8, 4) is 0 Å². The summed E-state index contributed by atoms with van der Waals surface area (Å²) in [6.07, 6.45) is 19.4. The molecular weight excluding hydrogens is 242 g/mol. The summed E-state index contributed by atoms with van der Waals surface area (Å²) in [5.41, 5.74) is 0.689. The second kappa shape index (κ2) is 6.81. The highest BCUT2D eigenvalue weighted by Crippen LogP contribution is 2.44. The van der Waals surface area contributed by atoms with Crippen molar-refractivity contribution >= 4 is 0 Å². The SMILES string of the molecule is CCC1(CNC2CCCCC2C2CCCCC2)CCC1. The average Bonchev–Trinajstić information content (AvgIpc) is 2.48. The first kappa shape index (κ1) is 14.9. The molecule has 3 aliphatic rings. The van der Waals surface area contributed by atoms with Crippen LogP contribution in [0.1, 0.15) is 90.4 Å². The summed E-state index contributed by atoms with van der Waals surface area (Å²) in [5.74, 6) is 2.07. The maximum absolute atomic E-state index is 4.06. The van der Waals surface area contributed by atoms with Gasteiger partial charge in [-0.05, 0) is 49.4 Å². The molecule has 1 N–H and O–H groups in total. The molecule has 1 heteroatoms. The van der Waals surface area contributed by atoms with Gasteiger partial charge in [0.25, 0.3) is 0 Å². The molecule has 20 heavy (non-hydrogen) atoms. The zero-order valence-electron chi connectivity index (χ0n) is 13.6. The van der Waals surface area contributed by atoms with E-state index in [1.165, 1.54) is 90.0 Å². The molecule has 0 aliphatic heterocycles. The largest absolute Gasteiger partial charge is 0.313 e.